The number of sulfonamides is 1. The first kappa shape index (κ1) is 22.7. The number of hydrogen-bond acceptors (Lipinski definition) is 5. The molecule has 0 bridgehead atoms. The Labute approximate surface area is 180 Å². The molecule has 1 fully saturated rings. The highest BCUT2D eigenvalue weighted by molar-refractivity contribution is 7.92. The number of para-hydroxylation sites is 1. The molecule has 3 rings (SSSR count). The number of hydrogen-bond donors (Lipinski definition) is 2. The maximum absolute atomic E-state index is 13.2. The first-order valence-corrected chi connectivity index (χ1v) is 11.6. The highest BCUT2D eigenvalue weighted by Gasteiger charge is 2.22. The third-order valence-corrected chi connectivity index (χ3v) is 5.90. The van der Waals surface area contributed by atoms with Gasteiger partial charge in [-0.2, -0.15) is 0 Å². The first-order valence-electron chi connectivity index (χ1n) is 9.76. The number of rotatable bonds is 8. The molecule has 2 N–H and O–H groups in total. The zero-order chi connectivity index (χ0) is 22.4. The fourth-order valence-corrected chi connectivity index (χ4v) is 4.08. The lowest BCUT2D eigenvalue weighted by Gasteiger charge is -2.22. The molecule has 1 atom stereocenters. The van der Waals surface area contributed by atoms with E-state index in [9.17, 15) is 22.4 Å². The van der Waals surface area contributed by atoms with E-state index in [1.165, 1.54) is 12.1 Å². The van der Waals surface area contributed by atoms with Crippen molar-refractivity contribution in [2.24, 2.45) is 0 Å². The molecule has 31 heavy (non-hydrogen) atoms. The molecule has 0 spiro atoms. The average molecular weight is 450 g/mol. The van der Waals surface area contributed by atoms with Gasteiger partial charge < -0.3 is 15.4 Å². The van der Waals surface area contributed by atoms with E-state index in [0.717, 1.165) is 35.5 Å². The first-order chi connectivity index (χ1) is 14.7. The molecule has 1 heterocycles. The Morgan fingerprint density at radius 1 is 1.16 bits per heavy atom. The average Bonchev–Trinajstić information content (AvgIpc) is 3.24. The van der Waals surface area contributed by atoms with E-state index in [-0.39, 0.29) is 28.9 Å². The maximum atomic E-state index is 13.2. The number of halogens is 1. The molecule has 0 radical (unpaired) electrons. The molecule has 0 aromatic heterocycles. The van der Waals surface area contributed by atoms with Crippen LogP contribution in [0, 0.1) is 5.82 Å². The van der Waals surface area contributed by atoms with Crippen LogP contribution in [0.3, 0.4) is 0 Å². The molecule has 166 valence electrons. The second-order valence-electron chi connectivity index (χ2n) is 7.18. The summed E-state index contributed by atoms with van der Waals surface area (Å²) < 4.78 is 43.9. The molecule has 0 aliphatic carbocycles. The maximum Gasteiger partial charge on any atom is 0.253 e. The van der Waals surface area contributed by atoms with Crippen molar-refractivity contribution in [2.75, 3.05) is 35.6 Å². The summed E-state index contributed by atoms with van der Waals surface area (Å²) in [5.74, 6) is -1.54. The summed E-state index contributed by atoms with van der Waals surface area (Å²) in [6, 6.07) is 11.2. The molecule has 1 saturated heterocycles. The summed E-state index contributed by atoms with van der Waals surface area (Å²) in [5.41, 5.74) is 0.660. The van der Waals surface area contributed by atoms with E-state index in [4.69, 9.17) is 4.74 Å². The lowest BCUT2D eigenvalue weighted by Crippen LogP contribution is -2.38. The minimum Gasteiger partial charge on any atom is -0.376 e. The van der Waals surface area contributed by atoms with Gasteiger partial charge in [0.25, 0.3) is 5.91 Å². The van der Waals surface area contributed by atoms with Crippen molar-refractivity contribution in [1.29, 1.82) is 0 Å². The summed E-state index contributed by atoms with van der Waals surface area (Å²) in [6.07, 6.45) is 2.77. The zero-order valence-corrected chi connectivity index (χ0v) is 17.8. The van der Waals surface area contributed by atoms with Gasteiger partial charge in [-0.05, 0) is 49.2 Å². The van der Waals surface area contributed by atoms with Crippen molar-refractivity contribution in [3.63, 3.8) is 0 Å². The Morgan fingerprint density at radius 2 is 1.87 bits per heavy atom. The standard InChI is InChI=1S/C21H24FN3O5S/c1-31(28,29)25(16-10-8-15(22)9-11-16)14-20(26)24-19-7-3-2-6-18(19)21(27)23-13-17-5-4-12-30-17/h2-3,6-11,17H,4-5,12-14H2,1H3,(H,23,27)(H,24,26). The summed E-state index contributed by atoms with van der Waals surface area (Å²) in [7, 11) is -3.81. The Morgan fingerprint density at radius 3 is 2.52 bits per heavy atom. The molecule has 1 aliphatic heterocycles. The van der Waals surface area contributed by atoms with Crippen LogP contribution in [-0.4, -0.2) is 52.3 Å². The molecule has 2 amide bonds. The van der Waals surface area contributed by atoms with E-state index in [1.807, 2.05) is 0 Å². The minimum atomic E-state index is -3.81. The minimum absolute atomic E-state index is 0.0234. The third-order valence-electron chi connectivity index (χ3n) is 4.76. The van der Waals surface area contributed by atoms with Crippen LogP contribution in [0.1, 0.15) is 23.2 Å². The normalized spacial score (nSPS) is 16.0. The predicted octanol–water partition coefficient (Wildman–Crippen LogP) is 2.14. The fourth-order valence-electron chi connectivity index (χ4n) is 3.22. The van der Waals surface area contributed by atoms with Gasteiger partial charge >= 0.3 is 0 Å². The predicted molar refractivity (Wildman–Crippen MR) is 115 cm³/mol. The monoisotopic (exact) mass is 449 g/mol. The number of nitrogens with zero attached hydrogens (tertiary/aromatic N) is 1. The van der Waals surface area contributed by atoms with Crippen molar-refractivity contribution in [3.05, 3.63) is 59.9 Å². The van der Waals surface area contributed by atoms with Gasteiger partial charge in [-0.1, -0.05) is 12.1 Å². The smallest absolute Gasteiger partial charge is 0.253 e. The SMILES string of the molecule is CS(=O)(=O)N(CC(=O)Nc1ccccc1C(=O)NCC1CCCO1)c1ccc(F)cc1. The van der Waals surface area contributed by atoms with E-state index in [2.05, 4.69) is 10.6 Å². The second-order valence-corrected chi connectivity index (χ2v) is 9.09. The number of nitrogens with one attached hydrogen (secondary N) is 2. The third kappa shape index (κ3) is 6.25. The Kier molecular flexibility index (Phi) is 7.24. The fraction of sp³-hybridized carbons (Fsp3) is 0.333. The molecule has 1 aliphatic rings. The number of carbonyl (C=O) groups is 2. The lowest BCUT2D eigenvalue weighted by molar-refractivity contribution is -0.114. The van der Waals surface area contributed by atoms with Crippen LogP contribution in [0.5, 0.6) is 0 Å². The summed E-state index contributed by atoms with van der Waals surface area (Å²) >= 11 is 0. The molecule has 10 heteroatoms. The van der Waals surface area contributed by atoms with Gasteiger partial charge in [0.1, 0.15) is 12.4 Å². The molecular formula is C21H24FN3O5S. The number of benzene rings is 2. The topological polar surface area (TPSA) is 105 Å². The van der Waals surface area contributed by atoms with Crippen LogP contribution >= 0.6 is 0 Å². The van der Waals surface area contributed by atoms with Gasteiger partial charge in [0.2, 0.25) is 15.9 Å². The van der Waals surface area contributed by atoms with Gasteiger partial charge in [0, 0.05) is 13.2 Å². The number of anilines is 2. The molecule has 2 aromatic rings. The van der Waals surface area contributed by atoms with E-state index < -0.39 is 28.3 Å². The summed E-state index contributed by atoms with van der Waals surface area (Å²) in [5, 5.41) is 5.39. The zero-order valence-electron chi connectivity index (χ0n) is 17.0. The van der Waals surface area contributed by atoms with Crippen LogP contribution < -0.4 is 14.9 Å². The van der Waals surface area contributed by atoms with Crippen LogP contribution in [0.2, 0.25) is 0 Å². The molecular weight excluding hydrogens is 425 g/mol. The molecule has 8 nitrogen and oxygen atoms in total. The summed E-state index contributed by atoms with van der Waals surface area (Å²) in [6.45, 7) is 0.516. The molecule has 0 saturated carbocycles. The lowest BCUT2D eigenvalue weighted by atomic mass is 10.1. The van der Waals surface area contributed by atoms with Crippen LogP contribution in [0.15, 0.2) is 48.5 Å². The Balaban J connectivity index is 1.70. The van der Waals surface area contributed by atoms with Crippen molar-refractivity contribution in [2.45, 2.75) is 18.9 Å². The molecule has 1 unspecified atom stereocenters. The van der Waals surface area contributed by atoms with E-state index in [1.54, 1.807) is 24.3 Å². The van der Waals surface area contributed by atoms with Crippen molar-refractivity contribution >= 4 is 33.2 Å². The second kappa shape index (κ2) is 9.88. The van der Waals surface area contributed by atoms with E-state index >= 15 is 0 Å². The number of carbonyl (C=O) groups excluding carboxylic acids is 2. The van der Waals surface area contributed by atoms with Crippen molar-refractivity contribution in [1.82, 2.24) is 5.32 Å². The van der Waals surface area contributed by atoms with Gasteiger partial charge in [-0.3, -0.25) is 13.9 Å². The number of ether oxygens (including phenoxy) is 1. The van der Waals surface area contributed by atoms with Crippen LogP contribution in [0.4, 0.5) is 15.8 Å². The van der Waals surface area contributed by atoms with Crippen molar-refractivity contribution in [3.8, 4) is 0 Å². The largest absolute Gasteiger partial charge is 0.376 e. The Hall–Kier alpha value is -2.98. The quantitative estimate of drug-likeness (QED) is 0.643. The Bertz CT molecular complexity index is 1040. The van der Waals surface area contributed by atoms with Crippen molar-refractivity contribution < 1.29 is 27.1 Å². The van der Waals surface area contributed by atoms with Crippen LogP contribution in [0.25, 0.3) is 0 Å². The van der Waals surface area contributed by atoms with E-state index in [0.29, 0.717) is 13.2 Å². The highest BCUT2D eigenvalue weighted by atomic mass is 32.2. The van der Waals surface area contributed by atoms with Gasteiger partial charge in [-0.25, -0.2) is 12.8 Å². The van der Waals surface area contributed by atoms with Gasteiger partial charge in [-0.15, -0.1) is 0 Å². The highest BCUT2D eigenvalue weighted by Crippen LogP contribution is 2.20. The number of amides is 2. The van der Waals surface area contributed by atoms with Gasteiger partial charge in [0.05, 0.1) is 29.3 Å². The summed E-state index contributed by atoms with van der Waals surface area (Å²) in [4.78, 5) is 25.2. The van der Waals surface area contributed by atoms with Crippen LogP contribution in [-0.2, 0) is 19.6 Å². The molecule has 2 aromatic carbocycles. The van der Waals surface area contributed by atoms with Gasteiger partial charge in [0.15, 0.2) is 0 Å².